The monoisotopic (exact) mass is 651 g/mol. The van der Waals surface area contributed by atoms with E-state index in [9.17, 15) is 9.59 Å². The van der Waals surface area contributed by atoms with Gasteiger partial charge in [-0.05, 0) is 86.1 Å². The average Bonchev–Trinajstić information content (AvgIpc) is 3.51. The molecular weight excluding hydrogens is 617 g/mol. The Bertz CT molecular complexity index is 1660. The third-order valence-corrected chi connectivity index (χ3v) is 10.2. The van der Waals surface area contributed by atoms with E-state index in [4.69, 9.17) is 39.5 Å². The molecule has 0 saturated carbocycles. The van der Waals surface area contributed by atoms with Crippen molar-refractivity contribution in [3.05, 3.63) is 98.6 Å². The van der Waals surface area contributed by atoms with Crippen LogP contribution < -0.4 is 10.1 Å². The van der Waals surface area contributed by atoms with Gasteiger partial charge in [0.15, 0.2) is 5.78 Å². The summed E-state index contributed by atoms with van der Waals surface area (Å²) < 4.78 is 7.87. The summed E-state index contributed by atoms with van der Waals surface area (Å²) in [6.45, 7) is 2.10. The Hall–Kier alpha value is -3.03. The maximum atomic E-state index is 13.4. The van der Waals surface area contributed by atoms with Gasteiger partial charge < -0.3 is 14.6 Å². The number of Topliss-reactive ketones (excluding diaryl/α,β-unsaturated/α-hetero) is 1. The number of piperidine rings is 1. The maximum Gasteiger partial charge on any atom is 0.253 e. The second-order valence-electron chi connectivity index (χ2n) is 12.0. The topological polar surface area (TPSA) is 63.6 Å². The summed E-state index contributed by atoms with van der Waals surface area (Å²) in [7, 11) is 1.66. The SMILES string of the molecule is COc1cccc2c(C(=O)NCc3ccc(Cl)c(Cl)c3)cn(CCCN3[C@@H]4CC[C@H]3CC(CC(=O)c3ccc(Cl)cc3)C4)c12. The molecule has 1 aromatic heterocycles. The predicted molar refractivity (Wildman–Crippen MR) is 177 cm³/mol. The minimum absolute atomic E-state index is 0.152. The lowest BCUT2D eigenvalue weighted by molar-refractivity contribution is 0.0807. The Morgan fingerprint density at radius 2 is 1.68 bits per heavy atom. The second-order valence-corrected chi connectivity index (χ2v) is 13.2. The number of aryl methyl sites for hydroxylation is 1. The lowest BCUT2D eigenvalue weighted by Gasteiger charge is -2.39. The first-order chi connectivity index (χ1) is 21.3. The number of fused-ring (bicyclic) bond motifs is 3. The molecule has 0 spiro atoms. The number of ketones is 1. The summed E-state index contributed by atoms with van der Waals surface area (Å²) in [6, 6.07) is 19.5. The van der Waals surface area contributed by atoms with E-state index in [-0.39, 0.29) is 11.7 Å². The molecule has 6 nitrogen and oxygen atoms in total. The Kier molecular flexibility index (Phi) is 9.53. The fourth-order valence-electron chi connectivity index (χ4n) is 7.13. The predicted octanol–water partition coefficient (Wildman–Crippen LogP) is 8.45. The maximum absolute atomic E-state index is 13.4. The van der Waals surface area contributed by atoms with E-state index >= 15 is 0 Å². The van der Waals surface area contributed by atoms with Crippen molar-refractivity contribution >= 4 is 57.4 Å². The van der Waals surface area contributed by atoms with E-state index < -0.39 is 0 Å². The fraction of sp³-hybridized carbons (Fsp3) is 0.371. The molecule has 2 aliphatic rings. The van der Waals surface area contributed by atoms with E-state index in [1.54, 1.807) is 31.4 Å². The summed E-state index contributed by atoms with van der Waals surface area (Å²) in [6.07, 6.45) is 8.03. The molecule has 2 saturated heterocycles. The lowest BCUT2D eigenvalue weighted by Crippen LogP contribution is -2.43. The van der Waals surface area contributed by atoms with E-state index in [1.165, 1.54) is 12.8 Å². The number of hydrogen-bond donors (Lipinski definition) is 1. The number of methoxy groups -OCH3 is 1. The fourth-order valence-corrected chi connectivity index (χ4v) is 7.58. The third-order valence-electron chi connectivity index (χ3n) is 9.20. The number of ether oxygens (including phenoxy) is 1. The van der Waals surface area contributed by atoms with Crippen LogP contribution >= 0.6 is 34.8 Å². The molecule has 3 aromatic carbocycles. The lowest BCUT2D eigenvalue weighted by atomic mass is 9.85. The molecular formula is C35H36Cl3N3O3. The summed E-state index contributed by atoms with van der Waals surface area (Å²) in [5, 5.41) is 5.49. The van der Waals surface area contributed by atoms with Crippen LogP contribution in [-0.4, -0.2) is 46.9 Å². The number of hydrogen-bond acceptors (Lipinski definition) is 4. The summed E-state index contributed by atoms with van der Waals surface area (Å²) in [5.74, 6) is 1.23. The Labute approximate surface area is 273 Å². The van der Waals surface area contributed by atoms with E-state index in [2.05, 4.69) is 14.8 Å². The molecule has 2 bridgehead atoms. The molecule has 9 heteroatoms. The number of nitrogens with zero attached hydrogens (tertiary/aromatic N) is 2. The number of carbonyl (C=O) groups is 2. The van der Waals surface area contributed by atoms with Crippen molar-refractivity contribution in [1.29, 1.82) is 0 Å². The average molecular weight is 653 g/mol. The van der Waals surface area contributed by atoms with Crippen LogP contribution in [0.25, 0.3) is 10.9 Å². The highest BCUT2D eigenvalue weighted by Crippen LogP contribution is 2.40. The first kappa shape index (κ1) is 31.0. The highest BCUT2D eigenvalue weighted by Gasteiger charge is 2.40. The zero-order valence-corrected chi connectivity index (χ0v) is 27.0. The van der Waals surface area contributed by atoms with Crippen LogP contribution in [0.3, 0.4) is 0 Å². The van der Waals surface area contributed by atoms with Crippen molar-refractivity contribution in [3.8, 4) is 5.75 Å². The first-order valence-corrected chi connectivity index (χ1v) is 16.4. The highest BCUT2D eigenvalue weighted by molar-refractivity contribution is 6.42. The zero-order chi connectivity index (χ0) is 30.8. The molecule has 6 rings (SSSR count). The highest BCUT2D eigenvalue weighted by atomic mass is 35.5. The smallest absolute Gasteiger partial charge is 0.253 e. The van der Waals surface area contributed by atoms with Crippen LogP contribution in [-0.2, 0) is 13.1 Å². The minimum atomic E-state index is -0.152. The van der Waals surface area contributed by atoms with Gasteiger partial charge in [0.05, 0.1) is 28.2 Å². The molecule has 0 radical (unpaired) electrons. The molecule has 3 atom stereocenters. The van der Waals surface area contributed by atoms with Crippen molar-refractivity contribution < 1.29 is 14.3 Å². The number of carbonyl (C=O) groups excluding carboxylic acids is 2. The molecule has 230 valence electrons. The molecule has 1 N–H and O–H groups in total. The summed E-state index contributed by atoms with van der Waals surface area (Å²) in [5.41, 5.74) is 3.17. The zero-order valence-electron chi connectivity index (χ0n) is 24.7. The number of rotatable bonds is 11. The van der Waals surface area contributed by atoms with Gasteiger partial charge in [0.25, 0.3) is 5.91 Å². The van der Waals surface area contributed by atoms with Gasteiger partial charge >= 0.3 is 0 Å². The molecule has 44 heavy (non-hydrogen) atoms. The van der Waals surface area contributed by atoms with Crippen LogP contribution in [0.1, 0.15) is 64.8 Å². The van der Waals surface area contributed by atoms with E-state index in [0.717, 1.165) is 60.1 Å². The summed E-state index contributed by atoms with van der Waals surface area (Å²) >= 11 is 18.2. The molecule has 3 heterocycles. The van der Waals surface area contributed by atoms with E-state index in [0.29, 0.717) is 51.6 Å². The number of benzene rings is 3. The third kappa shape index (κ3) is 6.64. The van der Waals surface area contributed by atoms with Gasteiger partial charge in [-0.25, -0.2) is 0 Å². The Morgan fingerprint density at radius 3 is 2.39 bits per heavy atom. The van der Waals surface area contributed by atoms with Crippen molar-refractivity contribution in [1.82, 2.24) is 14.8 Å². The van der Waals surface area contributed by atoms with Crippen molar-refractivity contribution in [2.75, 3.05) is 13.7 Å². The van der Waals surface area contributed by atoms with Gasteiger partial charge in [-0.3, -0.25) is 14.5 Å². The van der Waals surface area contributed by atoms with Gasteiger partial charge in [0, 0.05) is 60.3 Å². The number of halogens is 3. The van der Waals surface area contributed by atoms with E-state index in [1.807, 2.05) is 42.6 Å². The number of aromatic nitrogens is 1. The van der Waals surface area contributed by atoms with Crippen LogP contribution in [0.4, 0.5) is 0 Å². The Morgan fingerprint density at radius 1 is 0.932 bits per heavy atom. The number of nitrogens with one attached hydrogen (secondary N) is 1. The first-order valence-electron chi connectivity index (χ1n) is 15.2. The largest absolute Gasteiger partial charge is 0.495 e. The van der Waals surface area contributed by atoms with Gasteiger partial charge in [0.2, 0.25) is 0 Å². The van der Waals surface area contributed by atoms with Gasteiger partial charge in [-0.15, -0.1) is 0 Å². The van der Waals surface area contributed by atoms with Gasteiger partial charge in [-0.1, -0.05) is 53.0 Å². The summed E-state index contributed by atoms with van der Waals surface area (Å²) in [4.78, 5) is 28.9. The van der Waals surface area contributed by atoms with Crippen LogP contribution in [0.2, 0.25) is 15.1 Å². The van der Waals surface area contributed by atoms with Gasteiger partial charge in [-0.2, -0.15) is 0 Å². The van der Waals surface area contributed by atoms with Crippen LogP contribution in [0.5, 0.6) is 5.75 Å². The molecule has 2 aliphatic heterocycles. The minimum Gasteiger partial charge on any atom is -0.495 e. The molecule has 1 unspecified atom stereocenters. The van der Waals surface area contributed by atoms with Crippen molar-refractivity contribution in [2.24, 2.45) is 5.92 Å². The normalized spacial score (nSPS) is 19.8. The van der Waals surface area contributed by atoms with Crippen LogP contribution in [0.15, 0.2) is 66.9 Å². The van der Waals surface area contributed by atoms with Gasteiger partial charge in [0.1, 0.15) is 5.75 Å². The Balaban J connectivity index is 1.09. The van der Waals surface area contributed by atoms with Crippen LogP contribution in [0, 0.1) is 5.92 Å². The quantitative estimate of drug-likeness (QED) is 0.165. The number of para-hydroxylation sites is 1. The number of amides is 1. The van der Waals surface area contributed by atoms with Crippen molar-refractivity contribution in [2.45, 2.75) is 63.7 Å². The standard InChI is InChI=1S/C35H36Cl3N3O3/c1-44-33-5-2-4-28-29(35(43)39-20-22-6-13-30(37)31(38)18-22)21-40(34(28)33)14-3-15-41-26-11-12-27(41)17-23(16-26)19-32(42)24-7-9-25(36)10-8-24/h2,4-10,13,18,21,23,26-27H,3,11-12,14-17,19-20H2,1H3,(H,39,43)/t23?,26-,27+. The second kappa shape index (κ2) is 13.5. The molecule has 4 aromatic rings. The molecule has 0 aliphatic carbocycles. The van der Waals surface area contributed by atoms with Crippen molar-refractivity contribution in [3.63, 3.8) is 0 Å². The molecule has 2 fully saturated rings. The molecule has 1 amide bonds.